The molecule has 4 rings (SSSR count). The van der Waals surface area contributed by atoms with Crippen molar-refractivity contribution in [2.24, 2.45) is 0 Å². The fourth-order valence-electron chi connectivity index (χ4n) is 2.85. The average molecular weight is 404 g/mol. The molecule has 7 nitrogen and oxygen atoms in total. The number of amides is 1. The Bertz CT molecular complexity index is 1130. The number of carbonyl (C=O) groups is 1. The molecule has 0 atom stereocenters. The van der Waals surface area contributed by atoms with Gasteiger partial charge in [0.2, 0.25) is 0 Å². The van der Waals surface area contributed by atoms with Gasteiger partial charge in [-0.25, -0.2) is 15.0 Å². The van der Waals surface area contributed by atoms with Crippen molar-refractivity contribution < 1.29 is 4.79 Å². The fourth-order valence-corrected chi connectivity index (χ4v) is 3.69. The van der Waals surface area contributed by atoms with Crippen LogP contribution in [0.5, 0.6) is 0 Å². The van der Waals surface area contributed by atoms with Crippen molar-refractivity contribution in [1.82, 2.24) is 24.7 Å². The number of benzene rings is 1. The predicted octanol–water partition coefficient (Wildman–Crippen LogP) is 3.64. The first kappa shape index (κ1) is 18.9. The van der Waals surface area contributed by atoms with E-state index in [0.717, 1.165) is 17.0 Å². The van der Waals surface area contributed by atoms with E-state index in [9.17, 15) is 4.79 Å². The van der Waals surface area contributed by atoms with Gasteiger partial charge in [0.25, 0.3) is 5.91 Å². The summed E-state index contributed by atoms with van der Waals surface area (Å²) in [7, 11) is 0. The number of nitrogens with one attached hydrogen (secondary N) is 1. The molecule has 0 bridgehead atoms. The summed E-state index contributed by atoms with van der Waals surface area (Å²) in [5.74, 6) is 0.427. The second kappa shape index (κ2) is 8.32. The second-order valence-electron chi connectivity index (χ2n) is 6.74. The standard InChI is InChI=1S/C21H20N6OS/c1-14-3-5-16(6-4-14)11-18-12-23-21(29-18)25-20(28)19-8-10-27(26-19)13-17-7-9-22-15(2)24-17/h3-10,12H,11,13H2,1-2H3,(H,23,25,28). The van der Waals surface area contributed by atoms with Crippen LogP contribution in [0.15, 0.2) is 55.0 Å². The normalized spacial score (nSPS) is 10.8. The lowest BCUT2D eigenvalue weighted by molar-refractivity contribution is 0.102. The second-order valence-corrected chi connectivity index (χ2v) is 7.86. The average Bonchev–Trinajstić information content (AvgIpc) is 3.33. The number of rotatable bonds is 6. The molecule has 146 valence electrons. The highest BCUT2D eigenvalue weighted by atomic mass is 32.1. The molecule has 3 heterocycles. The van der Waals surface area contributed by atoms with Crippen molar-refractivity contribution >= 4 is 22.4 Å². The largest absolute Gasteiger partial charge is 0.296 e. The zero-order chi connectivity index (χ0) is 20.2. The molecule has 1 aromatic carbocycles. The smallest absolute Gasteiger partial charge is 0.277 e. The maximum absolute atomic E-state index is 12.5. The molecule has 8 heteroatoms. The molecular formula is C21H20N6OS. The van der Waals surface area contributed by atoms with E-state index in [0.29, 0.717) is 23.2 Å². The van der Waals surface area contributed by atoms with E-state index in [1.54, 1.807) is 29.3 Å². The molecule has 0 saturated carbocycles. The van der Waals surface area contributed by atoms with Gasteiger partial charge >= 0.3 is 0 Å². The quantitative estimate of drug-likeness (QED) is 0.530. The molecule has 0 unspecified atom stereocenters. The van der Waals surface area contributed by atoms with Gasteiger partial charge in [0.1, 0.15) is 5.82 Å². The predicted molar refractivity (Wildman–Crippen MR) is 112 cm³/mol. The summed E-state index contributed by atoms with van der Waals surface area (Å²) < 4.78 is 1.68. The van der Waals surface area contributed by atoms with Crippen molar-refractivity contribution in [2.45, 2.75) is 26.8 Å². The molecule has 0 fully saturated rings. The molecule has 0 radical (unpaired) electrons. The topological polar surface area (TPSA) is 85.6 Å². The van der Waals surface area contributed by atoms with Gasteiger partial charge in [-0.1, -0.05) is 29.8 Å². The van der Waals surface area contributed by atoms with Crippen LogP contribution in [0.25, 0.3) is 0 Å². The van der Waals surface area contributed by atoms with E-state index in [1.807, 2.05) is 13.0 Å². The Morgan fingerprint density at radius 2 is 1.93 bits per heavy atom. The summed E-state index contributed by atoms with van der Waals surface area (Å²) in [5.41, 5.74) is 3.63. The first-order valence-corrected chi connectivity index (χ1v) is 10.0. The van der Waals surface area contributed by atoms with Gasteiger partial charge in [0, 0.05) is 29.9 Å². The maximum atomic E-state index is 12.5. The van der Waals surface area contributed by atoms with Gasteiger partial charge in [-0.15, -0.1) is 11.3 Å². The molecule has 1 amide bonds. The van der Waals surface area contributed by atoms with Crippen LogP contribution in [0.4, 0.5) is 5.13 Å². The van der Waals surface area contributed by atoms with Crippen LogP contribution in [0, 0.1) is 13.8 Å². The minimum Gasteiger partial charge on any atom is -0.296 e. The third kappa shape index (κ3) is 4.91. The number of hydrogen-bond donors (Lipinski definition) is 1. The Morgan fingerprint density at radius 1 is 1.10 bits per heavy atom. The maximum Gasteiger partial charge on any atom is 0.277 e. The van der Waals surface area contributed by atoms with Gasteiger partial charge < -0.3 is 0 Å². The van der Waals surface area contributed by atoms with Crippen LogP contribution in [0.1, 0.15) is 38.0 Å². The molecule has 0 saturated heterocycles. The van der Waals surface area contributed by atoms with Crippen LogP contribution in [-0.4, -0.2) is 30.6 Å². The molecule has 0 aliphatic rings. The van der Waals surface area contributed by atoms with Crippen molar-refractivity contribution in [2.75, 3.05) is 5.32 Å². The van der Waals surface area contributed by atoms with Crippen molar-refractivity contribution in [3.8, 4) is 0 Å². The van der Waals surface area contributed by atoms with Crippen molar-refractivity contribution in [3.63, 3.8) is 0 Å². The molecule has 3 aromatic heterocycles. The Kier molecular flexibility index (Phi) is 5.44. The lowest BCUT2D eigenvalue weighted by atomic mass is 10.1. The molecule has 4 aromatic rings. The molecule has 29 heavy (non-hydrogen) atoms. The highest BCUT2D eigenvalue weighted by molar-refractivity contribution is 7.15. The number of carbonyl (C=O) groups excluding carboxylic acids is 1. The number of aromatic nitrogens is 5. The molecule has 1 N–H and O–H groups in total. The minimum absolute atomic E-state index is 0.279. The number of hydrogen-bond acceptors (Lipinski definition) is 6. The van der Waals surface area contributed by atoms with E-state index < -0.39 is 0 Å². The van der Waals surface area contributed by atoms with Crippen molar-refractivity contribution in [3.05, 3.63) is 88.2 Å². The summed E-state index contributed by atoms with van der Waals surface area (Å²) in [6.45, 7) is 4.39. The summed E-state index contributed by atoms with van der Waals surface area (Å²) in [5, 5.41) is 7.73. The zero-order valence-electron chi connectivity index (χ0n) is 16.2. The van der Waals surface area contributed by atoms with E-state index in [1.165, 1.54) is 22.5 Å². The number of aryl methyl sites for hydroxylation is 2. The third-order valence-electron chi connectivity index (χ3n) is 4.30. The Balaban J connectivity index is 1.38. The molecule has 0 aliphatic heterocycles. The highest BCUT2D eigenvalue weighted by Gasteiger charge is 2.13. The lowest BCUT2D eigenvalue weighted by Crippen LogP contribution is -2.13. The summed E-state index contributed by atoms with van der Waals surface area (Å²) in [6, 6.07) is 11.9. The fraction of sp³-hybridized carbons (Fsp3) is 0.190. The van der Waals surface area contributed by atoms with E-state index >= 15 is 0 Å². The first-order valence-electron chi connectivity index (χ1n) is 9.19. The van der Waals surface area contributed by atoms with Gasteiger partial charge in [0.05, 0.1) is 12.2 Å². The highest BCUT2D eigenvalue weighted by Crippen LogP contribution is 2.22. The lowest BCUT2D eigenvalue weighted by Gasteiger charge is -2.02. The Morgan fingerprint density at radius 3 is 2.72 bits per heavy atom. The van der Waals surface area contributed by atoms with Gasteiger partial charge in [0.15, 0.2) is 10.8 Å². The Hall–Kier alpha value is -3.39. The van der Waals surface area contributed by atoms with Crippen LogP contribution >= 0.6 is 11.3 Å². The van der Waals surface area contributed by atoms with E-state index in [4.69, 9.17) is 0 Å². The minimum atomic E-state index is -0.279. The first-order chi connectivity index (χ1) is 14.0. The SMILES string of the molecule is Cc1ccc(Cc2cnc(NC(=O)c3ccn(Cc4ccnc(C)n4)n3)s2)cc1. The van der Waals surface area contributed by atoms with Crippen LogP contribution in [0.3, 0.4) is 0 Å². The van der Waals surface area contributed by atoms with E-state index in [-0.39, 0.29) is 5.91 Å². The summed E-state index contributed by atoms with van der Waals surface area (Å²) >= 11 is 1.47. The third-order valence-corrected chi connectivity index (χ3v) is 5.22. The monoisotopic (exact) mass is 404 g/mol. The number of thiazole rings is 1. The summed E-state index contributed by atoms with van der Waals surface area (Å²) in [6.07, 6.45) is 6.07. The van der Waals surface area contributed by atoms with Gasteiger partial charge in [-0.2, -0.15) is 5.10 Å². The van der Waals surface area contributed by atoms with E-state index in [2.05, 4.69) is 56.6 Å². The summed E-state index contributed by atoms with van der Waals surface area (Å²) in [4.78, 5) is 26.3. The van der Waals surface area contributed by atoms with Crippen LogP contribution < -0.4 is 5.32 Å². The Labute approximate surface area is 172 Å². The molecular weight excluding hydrogens is 384 g/mol. The number of anilines is 1. The van der Waals surface area contributed by atoms with Gasteiger partial charge in [-0.3, -0.25) is 14.8 Å². The van der Waals surface area contributed by atoms with Crippen LogP contribution in [-0.2, 0) is 13.0 Å². The number of nitrogens with zero attached hydrogens (tertiary/aromatic N) is 5. The van der Waals surface area contributed by atoms with Crippen molar-refractivity contribution in [1.29, 1.82) is 0 Å². The van der Waals surface area contributed by atoms with Crippen LogP contribution in [0.2, 0.25) is 0 Å². The zero-order valence-corrected chi connectivity index (χ0v) is 17.0. The molecule has 0 spiro atoms. The van der Waals surface area contributed by atoms with Gasteiger partial charge in [-0.05, 0) is 31.5 Å². The molecule has 0 aliphatic carbocycles.